The maximum atomic E-state index is 12.8. The number of rotatable bonds is 6. The zero-order chi connectivity index (χ0) is 16.7. The average Bonchev–Trinajstić information content (AvgIpc) is 2.53. The van der Waals surface area contributed by atoms with E-state index in [0.29, 0.717) is 19.7 Å². The number of urea groups is 1. The van der Waals surface area contributed by atoms with Gasteiger partial charge in [-0.25, -0.2) is 9.18 Å². The molecule has 0 fully saturated rings. The monoisotopic (exact) mass is 316 g/mol. The van der Waals surface area contributed by atoms with Gasteiger partial charge in [0.1, 0.15) is 18.2 Å². The maximum absolute atomic E-state index is 12.8. The second-order valence-corrected chi connectivity index (χ2v) is 5.31. The van der Waals surface area contributed by atoms with Crippen LogP contribution < -0.4 is 15.4 Å². The Hall–Kier alpha value is -2.56. The second kappa shape index (κ2) is 8.17. The Bertz CT molecular complexity index is 636. The fourth-order valence-corrected chi connectivity index (χ4v) is 2.19. The number of hydrogen-bond acceptors (Lipinski definition) is 2. The lowest BCUT2D eigenvalue weighted by Crippen LogP contribution is -2.37. The van der Waals surface area contributed by atoms with E-state index in [1.165, 1.54) is 12.1 Å². The Balaban J connectivity index is 1.68. The molecule has 0 saturated carbocycles. The molecule has 0 aliphatic carbocycles. The summed E-state index contributed by atoms with van der Waals surface area (Å²) in [6, 6.07) is 11.7. The first-order valence-corrected chi connectivity index (χ1v) is 7.51. The minimum Gasteiger partial charge on any atom is -0.491 e. The molecule has 0 radical (unpaired) electrons. The molecule has 0 bridgehead atoms. The summed E-state index contributed by atoms with van der Waals surface area (Å²) in [5.41, 5.74) is 2.99. The van der Waals surface area contributed by atoms with Crippen molar-refractivity contribution < 1.29 is 13.9 Å². The number of benzene rings is 2. The van der Waals surface area contributed by atoms with E-state index in [1.54, 1.807) is 12.1 Å². The normalized spacial score (nSPS) is 10.2. The summed E-state index contributed by atoms with van der Waals surface area (Å²) < 4.78 is 18.5. The van der Waals surface area contributed by atoms with Gasteiger partial charge in [0.15, 0.2) is 0 Å². The van der Waals surface area contributed by atoms with Crippen molar-refractivity contribution in [3.05, 3.63) is 65.0 Å². The zero-order valence-corrected chi connectivity index (χ0v) is 13.4. The first kappa shape index (κ1) is 16.8. The molecule has 0 spiro atoms. The number of carbonyl (C=O) groups is 1. The van der Waals surface area contributed by atoms with Crippen molar-refractivity contribution in [2.75, 3.05) is 13.2 Å². The van der Waals surface area contributed by atoms with E-state index < -0.39 is 0 Å². The lowest BCUT2D eigenvalue weighted by atomic mass is 10.1. The summed E-state index contributed by atoms with van der Waals surface area (Å²) in [4.78, 5) is 11.7. The highest BCUT2D eigenvalue weighted by atomic mass is 19.1. The minimum absolute atomic E-state index is 0.278. The van der Waals surface area contributed by atoms with Crippen molar-refractivity contribution in [1.82, 2.24) is 10.6 Å². The van der Waals surface area contributed by atoms with E-state index in [0.717, 1.165) is 22.4 Å². The van der Waals surface area contributed by atoms with Crippen LogP contribution in [-0.2, 0) is 6.54 Å². The smallest absolute Gasteiger partial charge is 0.315 e. The fourth-order valence-electron chi connectivity index (χ4n) is 2.19. The molecule has 0 heterocycles. The van der Waals surface area contributed by atoms with Gasteiger partial charge in [0.05, 0.1) is 6.54 Å². The number of ether oxygens (including phenoxy) is 1. The highest BCUT2D eigenvalue weighted by molar-refractivity contribution is 5.73. The topological polar surface area (TPSA) is 50.4 Å². The van der Waals surface area contributed by atoms with E-state index in [4.69, 9.17) is 4.74 Å². The maximum Gasteiger partial charge on any atom is 0.315 e. The number of hydrogen-bond donors (Lipinski definition) is 2. The molecule has 0 saturated heterocycles. The van der Waals surface area contributed by atoms with Crippen LogP contribution in [0.15, 0.2) is 42.5 Å². The van der Waals surface area contributed by atoms with Crippen molar-refractivity contribution in [3.63, 3.8) is 0 Å². The van der Waals surface area contributed by atoms with Crippen LogP contribution in [-0.4, -0.2) is 19.2 Å². The lowest BCUT2D eigenvalue weighted by molar-refractivity contribution is 0.236. The summed E-state index contributed by atoms with van der Waals surface area (Å²) in [5, 5.41) is 5.44. The molecule has 0 unspecified atom stereocenters. The molecule has 2 rings (SSSR count). The van der Waals surface area contributed by atoms with Crippen LogP contribution in [0.5, 0.6) is 5.75 Å². The average molecular weight is 316 g/mol. The molecule has 2 N–H and O–H groups in total. The van der Waals surface area contributed by atoms with Gasteiger partial charge in [-0.3, -0.25) is 0 Å². The number of nitrogens with one attached hydrogen (secondary N) is 2. The number of carbonyl (C=O) groups excluding carboxylic acids is 1. The molecular formula is C18H21FN2O2. The largest absolute Gasteiger partial charge is 0.491 e. The Labute approximate surface area is 135 Å². The third kappa shape index (κ3) is 5.29. The third-order valence-corrected chi connectivity index (χ3v) is 3.41. The van der Waals surface area contributed by atoms with E-state index in [1.807, 2.05) is 32.0 Å². The second-order valence-electron chi connectivity index (χ2n) is 5.31. The van der Waals surface area contributed by atoms with E-state index in [-0.39, 0.29) is 11.8 Å². The van der Waals surface area contributed by atoms with Crippen LogP contribution in [0.25, 0.3) is 0 Å². The molecule has 122 valence electrons. The standard InChI is InChI=1S/C18H21FN2O2/c1-13-4-3-5-14(2)17(13)23-11-10-20-18(22)21-12-15-6-8-16(19)9-7-15/h3-9H,10-12H2,1-2H3,(H2,20,21,22). The van der Waals surface area contributed by atoms with Crippen LogP contribution in [0.1, 0.15) is 16.7 Å². The SMILES string of the molecule is Cc1cccc(C)c1OCCNC(=O)NCc1ccc(F)cc1. The third-order valence-electron chi connectivity index (χ3n) is 3.41. The molecule has 23 heavy (non-hydrogen) atoms. The van der Waals surface area contributed by atoms with Crippen molar-refractivity contribution in [2.45, 2.75) is 20.4 Å². The minimum atomic E-state index is -0.290. The quantitative estimate of drug-likeness (QED) is 0.803. The van der Waals surface area contributed by atoms with Crippen molar-refractivity contribution in [2.24, 2.45) is 0 Å². The number of aryl methyl sites for hydroxylation is 2. The molecule has 2 aromatic carbocycles. The zero-order valence-electron chi connectivity index (χ0n) is 13.4. The van der Waals surface area contributed by atoms with E-state index in [9.17, 15) is 9.18 Å². The predicted octanol–water partition coefficient (Wildman–Crippen LogP) is 3.32. The first-order chi connectivity index (χ1) is 11.1. The van der Waals surface area contributed by atoms with Crippen LogP contribution >= 0.6 is 0 Å². The number of halogens is 1. The highest BCUT2D eigenvalue weighted by Crippen LogP contribution is 2.21. The Morgan fingerprint density at radius 3 is 2.35 bits per heavy atom. The molecule has 4 nitrogen and oxygen atoms in total. The molecule has 5 heteroatoms. The van der Waals surface area contributed by atoms with Crippen LogP contribution in [0.2, 0.25) is 0 Å². The summed E-state index contributed by atoms with van der Waals surface area (Å²) in [5.74, 6) is 0.572. The van der Waals surface area contributed by atoms with Crippen LogP contribution in [0.4, 0.5) is 9.18 Å². The predicted molar refractivity (Wildman–Crippen MR) is 88.0 cm³/mol. The van der Waals surface area contributed by atoms with Gasteiger partial charge in [0.2, 0.25) is 0 Å². The van der Waals surface area contributed by atoms with E-state index >= 15 is 0 Å². The Kier molecular flexibility index (Phi) is 5.97. The van der Waals surface area contributed by atoms with Gasteiger partial charge in [-0.2, -0.15) is 0 Å². The highest BCUT2D eigenvalue weighted by Gasteiger charge is 2.04. The summed E-state index contributed by atoms with van der Waals surface area (Å²) >= 11 is 0. The Morgan fingerprint density at radius 2 is 1.70 bits per heavy atom. The Morgan fingerprint density at radius 1 is 1.04 bits per heavy atom. The first-order valence-electron chi connectivity index (χ1n) is 7.51. The molecule has 2 aromatic rings. The van der Waals surface area contributed by atoms with Gasteiger partial charge in [0.25, 0.3) is 0 Å². The van der Waals surface area contributed by atoms with E-state index in [2.05, 4.69) is 10.6 Å². The van der Waals surface area contributed by atoms with Gasteiger partial charge in [0, 0.05) is 6.54 Å². The van der Waals surface area contributed by atoms with Crippen molar-refractivity contribution in [3.8, 4) is 5.75 Å². The van der Waals surface area contributed by atoms with Crippen LogP contribution in [0, 0.1) is 19.7 Å². The number of amides is 2. The molecular weight excluding hydrogens is 295 g/mol. The lowest BCUT2D eigenvalue weighted by Gasteiger charge is -2.12. The summed E-state index contributed by atoms with van der Waals surface area (Å²) in [6.45, 7) is 5.14. The van der Waals surface area contributed by atoms with Gasteiger partial charge in [-0.15, -0.1) is 0 Å². The van der Waals surface area contributed by atoms with Gasteiger partial charge < -0.3 is 15.4 Å². The molecule has 0 atom stereocenters. The molecule has 0 aliphatic rings. The molecule has 0 aliphatic heterocycles. The summed E-state index contributed by atoms with van der Waals surface area (Å²) in [6.07, 6.45) is 0. The van der Waals surface area contributed by atoms with Gasteiger partial charge >= 0.3 is 6.03 Å². The van der Waals surface area contributed by atoms with Gasteiger partial charge in [-0.1, -0.05) is 30.3 Å². The molecule has 0 aromatic heterocycles. The number of para-hydroxylation sites is 1. The van der Waals surface area contributed by atoms with Crippen molar-refractivity contribution in [1.29, 1.82) is 0 Å². The summed E-state index contributed by atoms with van der Waals surface area (Å²) in [7, 11) is 0. The van der Waals surface area contributed by atoms with Crippen molar-refractivity contribution >= 4 is 6.03 Å². The molecule has 2 amide bonds. The van der Waals surface area contributed by atoms with Crippen LogP contribution in [0.3, 0.4) is 0 Å². The fraction of sp³-hybridized carbons (Fsp3) is 0.278. The van der Waals surface area contributed by atoms with Gasteiger partial charge in [-0.05, 0) is 42.7 Å².